The molecule has 0 spiro atoms. The minimum Gasteiger partial charge on any atom is -0.493 e. The number of aryl methyl sites for hydroxylation is 1. The molecule has 2 aliphatic heterocycles. The molecule has 2 fully saturated rings. The molecule has 0 aliphatic carbocycles. The van der Waals surface area contributed by atoms with Gasteiger partial charge in [0.25, 0.3) is 0 Å². The second-order valence-electron chi connectivity index (χ2n) is 7.94. The minimum atomic E-state index is 0.118. The van der Waals surface area contributed by atoms with E-state index >= 15 is 0 Å². The maximum Gasteiger partial charge on any atom is 0.237 e. The van der Waals surface area contributed by atoms with E-state index in [4.69, 9.17) is 9.47 Å². The van der Waals surface area contributed by atoms with Gasteiger partial charge in [0.15, 0.2) is 11.5 Å². The summed E-state index contributed by atoms with van der Waals surface area (Å²) < 4.78 is 10.8. The van der Waals surface area contributed by atoms with E-state index in [2.05, 4.69) is 34.9 Å². The first-order valence-electron chi connectivity index (χ1n) is 10.4. The molecule has 0 saturated carbocycles. The molecule has 1 amide bonds. The van der Waals surface area contributed by atoms with Crippen LogP contribution in [-0.4, -0.2) is 49.6 Å². The van der Waals surface area contributed by atoms with Crippen LogP contribution in [0.25, 0.3) is 0 Å². The topological polar surface area (TPSA) is 42.0 Å². The molecule has 6 heteroatoms. The van der Waals surface area contributed by atoms with Gasteiger partial charge in [-0.25, -0.2) is 0 Å². The third kappa shape index (κ3) is 4.14. The monoisotopic (exact) mass is 414 g/mol. The average molecular weight is 415 g/mol. The predicted octanol–water partition coefficient (Wildman–Crippen LogP) is 4.57. The zero-order valence-electron chi connectivity index (χ0n) is 17.5. The summed E-state index contributed by atoms with van der Waals surface area (Å²) >= 11 is 1.86. The number of nitrogens with zero attached hydrogens (tertiary/aromatic N) is 2. The number of hydrogen-bond acceptors (Lipinski definition) is 5. The van der Waals surface area contributed by atoms with Crippen LogP contribution in [0.3, 0.4) is 0 Å². The van der Waals surface area contributed by atoms with Gasteiger partial charge < -0.3 is 14.4 Å². The summed E-state index contributed by atoms with van der Waals surface area (Å²) in [6, 6.07) is 10.9. The van der Waals surface area contributed by atoms with Gasteiger partial charge in [0.1, 0.15) is 0 Å². The smallest absolute Gasteiger partial charge is 0.237 e. The van der Waals surface area contributed by atoms with E-state index in [1.54, 1.807) is 14.2 Å². The zero-order valence-corrected chi connectivity index (χ0v) is 18.3. The zero-order chi connectivity index (χ0) is 20.4. The number of ether oxygens (including phenoxy) is 2. The van der Waals surface area contributed by atoms with Gasteiger partial charge in [-0.2, -0.15) is 0 Å². The normalized spacial score (nSPS) is 22.2. The van der Waals surface area contributed by atoms with E-state index in [1.807, 2.05) is 23.5 Å². The number of carbonyl (C=O) groups is 1. The van der Waals surface area contributed by atoms with Crippen molar-refractivity contribution >= 4 is 17.2 Å². The lowest BCUT2D eigenvalue weighted by Gasteiger charge is -2.30. The van der Waals surface area contributed by atoms with Crippen LogP contribution in [0, 0.1) is 6.92 Å². The summed E-state index contributed by atoms with van der Waals surface area (Å²) in [6.45, 7) is 4.48. The van der Waals surface area contributed by atoms with Crippen molar-refractivity contribution in [2.45, 2.75) is 44.7 Å². The first-order valence-corrected chi connectivity index (χ1v) is 11.2. The van der Waals surface area contributed by atoms with Gasteiger partial charge in [0.05, 0.1) is 26.8 Å². The van der Waals surface area contributed by atoms with Gasteiger partial charge in [0.2, 0.25) is 5.91 Å². The first kappa shape index (κ1) is 20.2. The Morgan fingerprint density at radius 3 is 2.52 bits per heavy atom. The highest BCUT2D eigenvalue weighted by molar-refractivity contribution is 7.12. The van der Waals surface area contributed by atoms with Gasteiger partial charge in [0, 0.05) is 22.3 Å². The fourth-order valence-corrected chi connectivity index (χ4v) is 5.75. The van der Waals surface area contributed by atoms with Crippen molar-refractivity contribution in [2.24, 2.45) is 0 Å². The quantitative estimate of drug-likeness (QED) is 0.694. The lowest BCUT2D eigenvalue weighted by molar-refractivity contribution is -0.133. The van der Waals surface area contributed by atoms with Crippen LogP contribution < -0.4 is 9.47 Å². The molecule has 2 aliphatic rings. The summed E-state index contributed by atoms with van der Waals surface area (Å²) in [4.78, 5) is 20.4. The number of methoxy groups -OCH3 is 2. The van der Waals surface area contributed by atoms with Gasteiger partial charge in [-0.3, -0.25) is 9.69 Å². The molecule has 2 aromatic rings. The molecule has 2 saturated heterocycles. The van der Waals surface area contributed by atoms with Crippen molar-refractivity contribution < 1.29 is 14.3 Å². The highest BCUT2D eigenvalue weighted by Gasteiger charge is 2.34. The molecule has 4 rings (SSSR count). The Morgan fingerprint density at radius 2 is 1.79 bits per heavy atom. The van der Waals surface area contributed by atoms with E-state index in [0.717, 1.165) is 55.8 Å². The van der Waals surface area contributed by atoms with Crippen molar-refractivity contribution in [2.75, 3.05) is 33.9 Å². The van der Waals surface area contributed by atoms with Crippen LogP contribution in [0.4, 0.5) is 0 Å². The summed E-state index contributed by atoms with van der Waals surface area (Å²) in [7, 11) is 3.30. The van der Waals surface area contributed by atoms with Crippen molar-refractivity contribution in [3.63, 3.8) is 0 Å². The van der Waals surface area contributed by atoms with Gasteiger partial charge >= 0.3 is 0 Å². The Hall–Kier alpha value is -2.05. The summed E-state index contributed by atoms with van der Waals surface area (Å²) in [5.41, 5.74) is 1.13. The molecule has 0 bridgehead atoms. The maximum atomic E-state index is 13.3. The predicted molar refractivity (Wildman–Crippen MR) is 116 cm³/mol. The Bertz CT molecular complexity index is 866. The van der Waals surface area contributed by atoms with Gasteiger partial charge in [-0.05, 0) is 69.0 Å². The van der Waals surface area contributed by atoms with Crippen LogP contribution in [-0.2, 0) is 4.79 Å². The molecule has 1 aromatic carbocycles. The van der Waals surface area contributed by atoms with Crippen molar-refractivity contribution in [1.82, 2.24) is 9.80 Å². The van der Waals surface area contributed by atoms with Gasteiger partial charge in [-0.1, -0.05) is 6.07 Å². The summed E-state index contributed by atoms with van der Waals surface area (Å²) in [5.74, 6) is 1.68. The Morgan fingerprint density at radius 1 is 1.03 bits per heavy atom. The molecule has 29 heavy (non-hydrogen) atoms. The van der Waals surface area contributed by atoms with Gasteiger partial charge in [-0.15, -0.1) is 11.3 Å². The van der Waals surface area contributed by atoms with Crippen LogP contribution >= 0.6 is 11.3 Å². The number of rotatable bonds is 6. The van der Waals surface area contributed by atoms with E-state index in [1.165, 1.54) is 9.75 Å². The number of carbonyl (C=O) groups excluding carboxylic acids is 1. The molecule has 5 nitrogen and oxygen atoms in total. The highest BCUT2D eigenvalue weighted by atomic mass is 32.1. The largest absolute Gasteiger partial charge is 0.493 e. The third-order valence-corrected chi connectivity index (χ3v) is 7.26. The number of amides is 1. The molecule has 2 unspecified atom stereocenters. The van der Waals surface area contributed by atoms with Crippen LogP contribution in [0.5, 0.6) is 11.5 Å². The molecular weight excluding hydrogens is 384 g/mol. The third-order valence-electron chi connectivity index (χ3n) is 6.16. The highest BCUT2D eigenvalue weighted by Crippen LogP contribution is 2.39. The average Bonchev–Trinajstić information content (AvgIpc) is 3.47. The molecule has 3 heterocycles. The lowest BCUT2D eigenvalue weighted by Crippen LogP contribution is -2.39. The number of thiophene rings is 1. The lowest BCUT2D eigenvalue weighted by atomic mass is 10.0. The Labute approximate surface area is 177 Å². The fourth-order valence-electron chi connectivity index (χ4n) is 4.71. The summed E-state index contributed by atoms with van der Waals surface area (Å²) in [6.07, 6.45) is 4.34. The van der Waals surface area contributed by atoms with E-state index in [0.29, 0.717) is 12.6 Å². The molecule has 1 aromatic heterocycles. The Kier molecular flexibility index (Phi) is 6.11. The molecule has 156 valence electrons. The SMILES string of the molecule is COc1ccc(C2CCCN2C(=O)CN2CCCC2c2ccc(C)s2)cc1OC. The molecule has 2 atom stereocenters. The molecular formula is C23H30N2O3S. The van der Waals surface area contributed by atoms with E-state index in [9.17, 15) is 4.79 Å². The first-order chi connectivity index (χ1) is 14.1. The maximum absolute atomic E-state index is 13.3. The van der Waals surface area contributed by atoms with Crippen molar-refractivity contribution in [3.05, 3.63) is 45.6 Å². The fraction of sp³-hybridized carbons (Fsp3) is 0.522. The second-order valence-corrected chi connectivity index (χ2v) is 9.26. The Balaban J connectivity index is 1.48. The van der Waals surface area contributed by atoms with Crippen molar-refractivity contribution in [1.29, 1.82) is 0 Å². The molecule has 0 N–H and O–H groups in total. The van der Waals surface area contributed by atoms with Crippen LogP contribution in [0.1, 0.15) is 53.1 Å². The van der Waals surface area contributed by atoms with Crippen molar-refractivity contribution in [3.8, 4) is 11.5 Å². The van der Waals surface area contributed by atoms with E-state index in [-0.39, 0.29) is 11.9 Å². The number of hydrogen-bond donors (Lipinski definition) is 0. The minimum absolute atomic E-state index is 0.118. The molecule has 0 radical (unpaired) electrons. The summed E-state index contributed by atoms with van der Waals surface area (Å²) in [5, 5.41) is 0. The number of likely N-dealkylation sites (tertiary alicyclic amines) is 2. The van der Waals surface area contributed by atoms with Crippen LogP contribution in [0.15, 0.2) is 30.3 Å². The standard InChI is InChI=1S/C23H30N2O3S/c1-16-8-11-22(29-16)19-7-4-12-24(19)15-23(26)25-13-5-6-18(25)17-9-10-20(27-2)21(14-17)28-3/h8-11,14,18-19H,4-7,12-13,15H2,1-3H3. The number of benzene rings is 1. The second kappa shape index (κ2) is 8.76. The van der Waals surface area contributed by atoms with E-state index < -0.39 is 0 Å². The van der Waals surface area contributed by atoms with Crippen LogP contribution in [0.2, 0.25) is 0 Å².